The Balaban J connectivity index is 1.50. The Labute approximate surface area is 185 Å². The van der Waals surface area contributed by atoms with Crippen LogP contribution in [0.5, 0.6) is 0 Å². The lowest BCUT2D eigenvalue weighted by Gasteiger charge is -2.15. The van der Waals surface area contributed by atoms with Gasteiger partial charge in [-0.25, -0.2) is 0 Å². The summed E-state index contributed by atoms with van der Waals surface area (Å²) >= 11 is 1.76. The van der Waals surface area contributed by atoms with Crippen molar-refractivity contribution in [2.75, 3.05) is 0 Å². The highest BCUT2D eigenvalue weighted by Crippen LogP contribution is 2.52. The number of hydrogen-bond acceptors (Lipinski definition) is 3. The van der Waals surface area contributed by atoms with Crippen molar-refractivity contribution in [1.82, 2.24) is 14.8 Å². The van der Waals surface area contributed by atoms with Crippen LogP contribution in [0.25, 0.3) is 28.2 Å². The molecule has 0 radical (unpaired) electrons. The normalized spacial score (nSPS) is 12.5. The van der Waals surface area contributed by atoms with Crippen LogP contribution < -0.4 is 0 Å². The molecule has 0 fully saturated rings. The van der Waals surface area contributed by atoms with Gasteiger partial charge in [-0.05, 0) is 34.4 Å². The van der Waals surface area contributed by atoms with Crippen molar-refractivity contribution in [1.29, 1.82) is 0 Å². The molecule has 0 N–H and O–H groups in total. The van der Waals surface area contributed by atoms with E-state index < -0.39 is 0 Å². The summed E-state index contributed by atoms with van der Waals surface area (Å²) in [5.74, 6) is 0.855. The van der Waals surface area contributed by atoms with Gasteiger partial charge in [-0.1, -0.05) is 109 Å². The Hall–Kier alpha value is -3.63. The first kappa shape index (κ1) is 18.2. The number of thioether (sulfide) groups is 1. The molecule has 0 saturated carbocycles. The molecule has 0 amide bonds. The van der Waals surface area contributed by atoms with Crippen LogP contribution in [0.4, 0.5) is 0 Å². The van der Waals surface area contributed by atoms with E-state index in [1.807, 2.05) is 24.3 Å². The largest absolute Gasteiger partial charge is 0.270 e. The monoisotopic (exact) mass is 417 g/mol. The van der Waals surface area contributed by atoms with E-state index in [0.717, 1.165) is 22.2 Å². The summed E-state index contributed by atoms with van der Waals surface area (Å²) in [6, 6.07) is 38.0. The molecule has 6 rings (SSSR count). The zero-order valence-corrected chi connectivity index (χ0v) is 17.5. The molecule has 1 heterocycles. The highest BCUT2D eigenvalue weighted by atomic mass is 32.2. The number of rotatable bonds is 4. The van der Waals surface area contributed by atoms with E-state index >= 15 is 0 Å². The van der Waals surface area contributed by atoms with Crippen molar-refractivity contribution in [3.63, 3.8) is 0 Å². The van der Waals surface area contributed by atoms with E-state index in [9.17, 15) is 0 Å². The van der Waals surface area contributed by atoms with Gasteiger partial charge < -0.3 is 0 Å². The second kappa shape index (κ2) is 7.56. The molecule has 4 heteroatoms. The lowest BCUT2D eigenvalue weighted by Crippen LogP contribution is -2.01. The molecule has 0 unspecified atom stereocenters. The minimum Gasteiger partial charge on any atom is -0.270 e. The number of hydrogen-bond donors (Lipinski definition) is 0. The Morgan fingerprint density at radius 3 is 1.77 bits per heavy atom. The molecule has 1 aliphatic carbocycles. The zero-order valence-electron chi connectivity index (χ0n) is 16.7. The van der Waals surface area contributed by atoms with Crippen LogP contribution in [0.1, 0.15) is 16.4 Å². The van der Waals surface area contributed by atoms with Gasteiger partial charge in [0.05, 0.1) is 5.25 Å². The first-order chi connectivity index (χ1) is 15.4. The fourth-order valence-corrected chi connectivity index (χ4v) is 5.53. The molecule has 148 valence electrons. The number of benzene rings is 4. The van der Waals surface area contributed by atoms with Crippen LogP contribution in [0.3, 0.4) is 0 Å². The number of para-hydroxylation sites is 1. The predicted molar refractivity (Wildman–Crippen MR) is 126 cm³/mol. The fourth-order valence-electron chi connectivity index (χ4n) is 4.27. The molecular formula is C27H19N3S. The summed E-state index contributed by atoms with van der Waals surface area (Å²) < 4.78 is 2.17. The van der Waals surface area contributed by atoms with Gasteiger partial charge in [-0.2, -0.15) is 0 Å². The van der Waals surface area contributed by atoms with Crippen LogP contribution in [-0.2, 0) is 0 Å². The molecule has 0 saturated heterocycles. The predicted octanol–water partition coefficient (Wildman–Crippen LogP) is 6.80. The molecule has 0 bridgehead atoms. The van der Waals surface area contributed by atoms with Crippen molar-refractivity contribution < 1.29 is 0 Å². The van der Waals surface area contributed by atoms with Gasteiger partial charge in [0.15, 0.2) is 11.0 Å². The van der Waals surface area contributed by atoms with E-state index in [2.05, 4.69) is 99.7 Å². The van der Waals surface area contributed by atoms with Crippen molar-refractivity contribution >= 4 is 11.8 Å². The zero-order chi connectivity index (χ0) is 20.6. The third-order valence-electron chi connectivity index (χ3n) is 5.68. The summed E-state index contributed by atoms with van der Waals surface area (Å²) in [6.45, 7) is 0. The fraction of sp³-hybridized carbons (Fsp3) is 0.0370. The molecule has 0 spiro atoms. The van der Waals surface area contributed by atoms with Crippen LogP contribution in [-0.4, -0.2) is 14.8 Å². The summed E-state index contributed by atoms with van der Waals surface area (Å²) in [4.78, 5) is 0. The number of fused-ring (bicyclic) bond motifs is 3. The molecule has 3 nitrogen and oxygen atoms in total. The van der Waals surface area contributed by atoms with Gasteiger partial charge in [0.25, 0.3) is 0 Å². The first-order valence-corrected chi connectivity index (χ1v) is 11.2. The summed E-state index contributed by atoms with van der Waals surface area (Å²) in [5.41, 5.74) is 7.40. The summed E-state index contributed by atoms with van der Waals surface area (Å²) in [7, 11) is 0. The Kier molecular flexibility index (Phi) is 4.43. The number of nitrogens with zero attached hydrogens (tertiary/aromatic N) is 3. The third-order valence-corrected chi connectivity index (χ3v) is 6.90. The number of aromatic nitrogens is 3. The van der Waals surface area contributed by atoms with Gasteiger partial charge in [-0.15, -0.1) is 10.2 Å². The van der Waals surface area contributed by atoms with E-state index in [-0.39, 0.29) is 5.25 Å². The summed E-state index contributed by atoms with van der Waals surface area (Å²) in [6.07, 6.45) is 0. The highest BCUT2D eigenvalue weighted by molar-refractivity contribution is 7.99. The maximum atomic E-state index is 4.65. The maximum Gasteiger partial charge on any atom is 0.197 e. The second-order valence-corrected chi connectivity index (χ2v) is 8.59. The average Bonchev–Trinajstić information content (AvgIpc) is 3.41. The first-order valence-electron chi connectivity index (χ1n) is 10.3. The van der Waals surface area contributed by atoms with Gasteiger partial charge >= 0.3 is 0 Å². The van der Waals surface area contributed by atoms with Crippen molar-refractivity contribution in [3.05, 3.63) is 120 Å². The quantitative estimate of drug-likeness (QED) is 0.322. The smallest absolute Gasteiger partial charge is 0.197 e. The maximum absolute atomic E-state index is 4.65. The van der Waals surface area contributed by atoms with Crippen molar-refractivity contribution in [2.24, 2.45) is 0 Å². The standard InChI is InChI=1S/C27H19N3S/c1-3-11-19(12-4-1)26-28-29-27(30(26)20-13-5-2-6-14-20)31-25-23-17-9-7-15-21(23)22-16-8-10-18-24(22)25/h1-18,25H. The lowest BCUT2D eigenvalue weighted by molar-refractivity contribution is 0.882. The molecule has 0 atom stereocenters. The SMILES string of the molecule is c1ccc(-c2nnc(SC3c4ccccc4-c4ccccc43)n2-c2ccccc2)cc1. The molecule has 1 aromatic heterocycles. The summed E-state index contributed by atoms with van der Waals surface area (Å²) in [5, 5.41) is 10.3. The van der Waals surface area contributed by atoms with Crippen LogP contribution >= 0.6 is 11.8 Å². The van der Waals surface area contributed by atoms with Crippen LogP contribution in [0, 0.1) is 0 Å². The Morgan fingerprint density at radius 1 is 0.581 bits per heavy atom. The van der Waals surface area contributed by atoms with Gasteiger partial charge in [0.2, 0.25) is 0 Å². The Morgan fingerprint density at radius 2 is 1.13 bits per heavy atom. The van der Waals surface area contributed by atoms with E-state index in [4.69, 9.17) is 0 Å². The van der Waals surface area contributed by atoms with Crippen LogP contribution in [0.15, 0.2) is 114 Å². The molecule has 4 aromatic carbocycles. The minimum absolute atomic E-state index is 0.183. The van der Waals surface area contributed by atoms with Crippen molar-refractivity contribution in [2.45, 2.75) is 10.4 Å². The lowest BCUT2D eigenvalue weighted by atomic mass is 10.1. The van der Waals surface area contributed by atoms with Gasteiger partial charge in [-0.3, -0.25) is 4.57 Å². The molecule has 1 aliphatic rings. The highest BCUT2D eigenvalue weighted by Gasteiger charge is 2.31. The molecule has 0 aliphatic heterocycles. The Bertz CT molecular complexity index is 1310. The average molecular weight is 418 g/mol. The third kappa shape index (κ3) is 3.07. The molecular weight excluding hydrogens is 398 g/mol. The van der Waals surface area contributed by atoms with E-state index in [1.165, 1.54) is 22.3 Å². The minimum atomic E-state index is 0.183. The molecule has 5 aromatic rings. The van der Waals surface area contributed by atoms with E-state index in [1.54, 1.807) is 11.8 Å². The topological polar surface area (TPSA) is 30.7 Å². The van der Waals surface area contributed by atoms with Crippen LogP contribution in [0.2, 0.25) is 0 Å². The van der Waals surface area contributed by atoms with Gasteiger partial charge in [0.1, 0.15) is 0 Å². The van der Waals surface area contributed by atoms with Gasteiger partial charge in [0, 0.05) is 11.3 Å². The molecule has 31 heavy (non-hydrogen) atoms. The second-order valence-electron chi connectivity index (χ2n) is 7.52. The van der Waals surface area contributed by atoms with Crippen molar-refractivity contribution in [3.8, 4) is 28.2 Å². The van der Waals surface area contributed by atoms with E-state index in [0.29, 0.717) is 0 Å².